The standard InChI is InChI=1S/C22H29N2S.BF4/c1-2-3-4-5-6-7-8-11-16-24-17-14-19(15-18-24)22-23-20-12-9-10-13-21(20)25-22;2-1(3,4)5/h9-10,12-15,17-18H,2-8,11,16H2,1H3;/q+1;-1. The Morgan fingerprint density at radius 2 is 1.40 bits per heavy atom. The van der Waals surface area contributed by atoms with Crippen molar-refractivity contribution in [2.45, 2.75) is 64.8 Å². The quantitative estimate of drug-likeness (QED) is 0.137. The zero-order valence-corrected chi connectivity index (χ0v) is 18.2. The highest BCUT2D eigenvalue weighted by Gasteiger charge is 2.20. The van der Waals surface area contributed by atoms with Crippen LogP contribution in [0.1, 0.15) is 58.3 Å². The fourth-order valence-electron chi connectivity index (χ4n) is 3.17. The smallest absolute Gasteiger partial charge is 0.418 e. The van der Waals surface area contributed by atoms with Crippen LogP contribution < -0.4 is 4.57 Å². The van der Waals surface area contributed by atoms with Crippen LogP contribution in [0.2, 0.25) is 0 Å². The maximum Gasteiger partial charge on any atom is 0.673 e. The highest BCUT2D eigenvalue weighted by molar-refractivity contribution is 7.21. The van der Waals surface area contributed by atoms with Crippen molar-refractivity contribution in [3.05, 3.63) is 48.8 Å². The van der Waals surface area contributed by atoms with E-state index in [2.05, 4.69) is 60.3 Å². The Bertz CT molecular complexity index is 826. The van der Waals surface area contributed by atoms with Gasteiger partial charge in [-0.05, 0) is 18.6 Å². The van der Waals surface area contributed by atoms with Gasteiger partial charge < -0.3 is 17.3 Å². The summed E-state index contributed by atoms with van der Waals surface area (Å²) in [5.74, 6) is 0. The SMILES string of the molecule is CCCCCCCCCC[n+]1ccc(-c2nc3ccccc3s2)cc1.F[B-](F)(F)F. The van der Waals surface area contributed by atoms with E-state index in [1.165, 1.54) is 61.6 Å². The van der Waals surface area contributed by atoms with Crippen molar-refractivity contribution in [3.8, 4) is 10.6 Å². The van der Waals surface area contributed by atoms with E-state index in [1.54, 1.807) is 11.3 Å². The first-order chi connectivity index (χ1) is 14.4. The zero-order chi connectivity index (χ0) is 21.8. The number of unbranched alkanes of at least 4 members (excludes halogenated alkanes) is 7. The van der Waals surface area contributed by atoms with E-state index in [-0.39, 0.29) is 0 Å². The fraction of sp³-hybridized carbons (Fsp3) is 0.455. The number of fused-ring (bicyclic) bond motifs is 1. The van der Waals surface area contributed by atoms with Gasteiger partial charge in [0.05, 0.1) is 10.2 Å². The summed E-state index contributed by atoms with van der Waals surface area (Å²) in [6.45, 7) is 3.40. The number of benzene rings is 1. The Kier molecular flexibility index (Phi) is 10.3. The number of para-hydroxylation sites is 1. The van der Waals surface area contributed by atoms with Crippen molar-refractivity contribution in [2.24, 2.45) is 0 Å². The highest BCUT2D eigenvalue weighted by atomic mass is 32.1. The van der Waals surface area contributed by atoms with Crippen molar-refractivity contribution in [1.29, 1.82) is 0 Å². The van der Waals surface area contributed by atoms with Gasteiger partial charge in [-0.3, -0.25) is 0 Å². The molecule has 0 amide bonds. The molecule has 0 aliphatic heterocycles. The van der Waals surface area contributed by atoms with Crippen LogP contribution >= 0.6 is 11.3 Å². The van der Waals surface area contributed by atoms with Gasteiger partial charge in [-0.1, -0.05) is 57.6 Å². The fourth-order valence-corrected chi connectivity index (χ4v) is 4.14. The predicted molar refractivity (Wildman–Crippen MR) is 118 cm³/mol. The predicted octanol–water partition coefficient (Wildman–Crippen LogP) is 7.69. The number of nitrogens with zero attached hydrogens (tertiary/aromatic N) is 2. The van der Waals surface area contributed by atoms with Gasteiger partial charge in [0, 0.05) is 24.1 Å². The van der Waals surface area contributed by atoms with E-state index in [0.29, 0.717) is 0 Å². The van der Waals surface area contributed by atoms with Crippen LogP contribution in [0.25, 0.3) is 20.8 Å². The van der Waals surface area contributed by atoms with Gasteiger partial charge >= 0.3 is 7.25 Å². The van der Waals surface area contributed by atoms with E-state index in [0.717, 1.165) is 17.1 Å². The molecule has 2 aromatic heterocycles. The van der Waals surface area contributed by atoms with Crippen molar-refractivity contribution in [2.75, 3.05) is 0 Å². The first-order valence-corrected chi connectivity index (χ1v) is 11.4. The maximum atomic E-state index is 9.75. The second-order valence-corrected chi connectivity index (χ2v) is 8.31. The molecule has 0 saturated heterocycles. The second-order valence-electron chi connectivity index (χ2n) is 7.28. The molecule has 0 aliphatic carbocycles. The number of halogens is 4. The first kappa shape index (κ1) is 24.3. The lowest BCUT2D eigenvalue weighted by molar-refractivity contribution is -0.697. The van der Waals surface area contributed by atoms with E-state index in [4.69, 9.17) is 4.98 Å². The molecule has 0 atom stereocenters. The summed E-state index contributed by atoms with van der Waals surface area (Å²) in [5, 5.41) is 1.11. The third-order valence-electron chi connectivity index (χ3n) is 4.70. The van der Waals surface area contributed by atoms with Gasteiger partial charge in [-0.2, -0.15) is 0 Å². The van der Waals surface area contributed by atoms with Crippen LogP contribution in [0.4, 0.5) is 17.3 Å². The van der Waals surface area contributed by atoms with E-state index in [9.17, 15) is 17.3 Å². The van der Waals surface area contributed by atoms with Gasteiger partial charge in [0.25, 0.3) is 0 Å². The van der Waals surface area contributed by atoms with Crippen LogP contribution in [0, 0.1) is 0 Å². The lowest BCUT2D eigenvalue weighted by atomic mass is 10.1. The van der Waals surface area contributed by atoms with Crippen LogP contribution in [-0.4, -0.2) is 12.2 Å². The number of thiazole rings is 1. The average Bonchev–Trinajstić information content (AvgIpc) is 3.13. The number of rotatable bonds is 10. The normalized spacial score (nSPS) is 11.4. The van der Waals surface area contributed by atoms with Gasteiger partial charge in [0.15, 0.2) is 12.4 Å². The van der Waals surface area contributed by atoms with Gasteiger partial charge in [0.1, 0.15) is 11.6 Å². The van der Waals surface area contributed by atoms with Gasteiger partial charge in [-0.25, -0.2) is 9.55 Å². The highest BCUT2D eigenvalue weighted by Crippen LogP contribution is 2.29. The molecule has 164 valence electrons. The number of aromatic nitrogens is 2. The van der Waals surface area contributed by atoms with E-state index in [1.807, 2.05) is 0 Å². The molecule has 2 heterocycles. The molecular weight excluding hydrogens is 411 g/mol. The molecule has 0 aliphatic rings. The van der Waals surface area contributed by atoms with Crippen LogP contribution in [0.5, 0.6) is 0 Å². The minimum atomic E-state index is -6.00. The zero-order valence-electron chi connectivity index (χ0n) is 17.4. The largest absolute Gasteiger partial charge is 0.673 e. The summed E-state index contributed by atoms with van der Waals surface area (Å²) in [5.41, 5.74) is 2.31. The van der Waals surface area contributed by atoms with Gasteiger partial charge in [-0.15, -0.1) is 11.3 Å². The Morgan fingerprint density at radius 3 is 2.00 bits per heavy atom. The van der Waals surface area contributed by atoms with Gasteiger partial charge in [0.2, 0.25) is 0 Å². The van der Waals surface area contributed by atoms with E-state index >= 15 is 0 Å². The summed E-state index contributed by atoms with van der Waals surface area (Å²) >= 11 is 1.77. The monoisotopic (exact) mass is 440 g/mol. The van der Waals surface area contributed by atoms with Crippen molar-refractivity contribution in [1.82, 2.24) is 4.98 Å². The van der Waals surface area contributed by atoms with Crippen LogP contribution in [0.15, 0.2) is 48.8 Å². The Labute approximate surface area is 180 Å². The minimum absolute atomic E-state index is 1.10. The topological polar surface area (TPSA) is 16.8 Å². The summed E-state index contributed by atoms with van der Waals surface area (Å²) in [6.07, 6.45) is 15.4. The Balaban J connectivity index is 0.000000575. The van der Waals surface area contributed by atoms with Crippen molar-refractivity contribution in [3.63, 3.8) is 0 Å². The molecule has 30 heavy (non-hydrogen) atoms. The third kappa shape index (κ3) is 9.70. The lowest BCUT2D eigenvalue weighted by Crippen LogP contribution is -2.32. The summed E-state index contributed by atoms with van der Waals surface area (Å²) in [6, 6.07) is 12.7. The molecule has 8 heteroatoms. The number of hydrogen-bond acceptors (Lipinski definition) is 2. The third-order valence-corrected chi connectivity index (χ3v) is 5.79. The second kappa shape index (κ2) is 12.7. The summed E-state index contributed by atoms with van der Waals surface area (Å²) in [7, 11) is -6.00. The van der Waals surface area contributed by atoms with Crippen LogP contribution in [-0.2, 0) is 6.54 Å². The first-order valence-electron chi connectivity index (χ1n) is 10.6. The molecule has 0 N–H and O–H groups in total. The molecule has 1 aromatic carbocycles. The Hall–Kier alpha value is -1.96. The molecule has 2 nitrogen and oxygen atoms in total. The Morgan fingerprint density at radius 1 is 0.833 bits per heavy atom. The van der Waals surface area contributed by atoms with E-state index < -0.39 is 7.25 Å². The number of hydrogen-bond donors (Lipinski definition) is 0. The number of pyridine rings is 1. The number of aryl methyl sites for hydroxylation is 1. The molecule has 0 saturated carbocycles. The molecule has 0 bridgehead atoms. The molecule has 3 aromatic rings. The molecule has 3 rings (SSSR count). The maximum absolute atomic E-state index is 9.75. The minimum Gasteiger partial charge on any atom is -0.418 e. The summed E-state index contributed by atoms with van der Waals surface area (Å²) in [4.78, 5) is 4.74. The molecule has 0 radical (unpaired) electrons. The molecule has 0 spiro atoms. The van der Waals surface area contributed by atoms with Crippen LogP contribution in [0.3, 0.4) is 0 Å². The lowest BCUT2D eigenvalue weighted by Gasteiger charge is -2.01. The van der Waals surface area contributed by atoms with Crippen molar-refractivity contribution >= 4 is 28.8 Å². The molecule has 0 unspecified atom stereocenters. The molecular formula is C22H29BF4N2S. The summed E-state index contributed by atoms with van der Waals surface area (Å²) < 4.78 is 42.6. The molecule has 0 fully saturated rings. The average molecular weight is 440 g/mol. The van der Waals surface area contributed by atoms with Crippen molar-refractivity contribution < 1.29 is 21.8 Å².